The number of hydrogen-bond donors (Lipinski definition) is 3. The van der Waals surface area contributed by atoms with E-state index in [-0.39, 0.29) is 11.3 Å². The fourth-order valence-corrected chi connectivity index (χ4v) is 10.0. The lowest BCUT2D eigenvalue weighted by Crippen LogP contribution is -2.76. The Balaban J connectivity index is 1.33. The Hall–Kier alpha value is -1.33. The number of aliphatic hydroxyl groups is 3. The minimum absolute atomic E-state index is 0.156. The van der Waals surface area contributed by atoms with Gasteiger partial charge in [0, 0.05) is 18.1 Å². The molecule has 4 bridgehead atoms. The van der Waals surface area contributed by atoms with E-state index >= 15 is 0 Å². The summed E-state index contributed by atoms with van der Waals surface area (Å²) >= 11 is 1.63. The number of methoxy groups -OCH3 is 1. The molecule has 6 atom stereocenters. The SMILES string of the molecule is CCC1CC(Oc2cc(C3(OC)OOC34C3CC5CC(C3)CC4C5)cc3sc(C(C)(C)C)nc23)C(O)C(O)C1O. The van der Waals surface area contributed by atoms with Crippen LogP contribution in [0.4, 0.5) is 0 Å². The molecule has 0 radical (unpaired) electrons. The average molecular weight is 574 g/mol. The lowest BCUT2D eigenvalue weighted by Gasteiger charge is -2.68. The molecule has 1 aliphatic heterocycles. The van der Waals surface area contributed by atoms with E-state index in [2.05, 4.69) is 26.8 Å². The molecule has 40 heavy (non-hydrogen) atoms. The van der Waals surface area contributed by atoms with Crippen LogP contribution < -0.4 is 4.74 Å². The highest BCUT2D eigenvalue weighted by atomic mass is 32.1. The van der Waals surface area contributed by atoms with Crippen molar-refractivity contribution in [2.75, 3.05) is 7.11 Å². The third-order valence-corrected chi connectivity index (χ3v) is 12.3. The van der Waals surface area contributed by atoms with Gasteiger partial charge in [-0.25, -0.2) is 9.87 Å². The van der Waals surface area contributed by atoms with E-state index in [1.54, 1.807) is 18.4 Å². The maximum Gasteiger partial charge on any atom is 0.260 e. The largest absolute Gasteiger partial charge is 0.485 e. The molecule has 5 saturated carbocycles. The summed E-state index contributed by atoms with van der Waals surface area (Å²) in [4.78, 5) is 17.3. The molecule has 1 aromatic heterocycles. The molecule has 2 heterocycles. The van der Waals surface area contributed by atoms with Crippen LogP contribution in [-0.2, 0) is 25.7 Å². The average Bonchev–Trinajstić information content (AvgIpc) is 3.34. The number of ether oxygens (including phenoxy) is 2. The summed E-state index contributed by atoms with van der Waals surface area (Å²) in [5, 5.41) is 33.0. The first-order valence-electron chi connectivity index (χ1n) is 15.1. The van der Waals surface area contributed by atoms with Crippen LogP contribution in [0.25, 0.3) is 10.2 Å². The maximum absolute atomic E-state index is 10.9. The fourth-order valence-electron chi connectivity index (χ4n) is 8.92. The molecule has 6 fully saturated rings. The Bertz CT molecular complexity index is 1250. The number of rotatable bonds is 5. The number of nitrogens with zero attached hydrogens (tertiary/aromatic N) is 1. The fraction of sp³-hybridized carbons (Fsp3) is 0.774. The number of aliphatic hydroxyl groups excluding tert-OH is 3. The summed E-state index contributed by atoms with van der Waals surface area (Å²) in [5.74, 6) is 1.61. The Morgan fingerprint density at radius 2 is 1.62 bits per heavy atom. The molecule has 5 aliphatic carbocycles. The lowest BCUT2D eigenvalue weighted by atomic mass is 9.47. The molecule has 3 N–H and O–H groups in total. The predicted molar refractivity (Wildman–Crippen MR) is 150 cm³/mol. The zero-order valence-electron chi connectivity index (χ0n) is 24.1. The molecule has 220 valence electrons. The summed E-state index contributed by atoms with van der Waals surface area (Å²) < 4.78 is 13.9. The van der Waals surface area contributed by atoms with Crippen LogP contribution in [-0.4, -0.2) is 57.4 Å². The van der Waals surface area contributed by atoms with E-state index in [0.29, 0.717) is 30.4 Å². The molecule has 6 unspecified atom stereocenters. The molecule has 2 aromatic rings. The van der Waals surface area contributed by atoms with Gasteiger partial charge in [-0.3, -0.25) is 0 Å². The highest BCUT2D eigenvalue weighted by molar-refractivity contribution is 7.18. The van der Waals surface area contributed by atoms with Crippen LogP contribution in [0.3, 0.4) is 0 Å². The van der Waals surface area contributed by atoms with Crippen LogP contribution in [0.5, 0.6) is 5.75 Å². The van der Waals surface area contributed by atoms with Crippen molar-refractivity contribution in [2.24, 2.45) is 29.6 Å². The van der Waals surface area contributed by atoms with E-state index in [1.807, 2.05) is 13.0 Å². The monoisotopic (exact) mass is 573 g/mol. The standard InChI is InChI=1S/C31H43NO7S/c1-6-17-12-22(26(34)27(35)25(17)33)37-21-13-20(14-23-24(21)32-28(40-23)29(2,3)4)31(36-5)30(38-39-31)18-8-15-7-16(10-18)11-19(30)9-15/h13-19,22,25-27,33-35H,6-12H2,1-5H3. The van der Waals surface area contributed by atoms with Crippen molar-refractivity contribution in [2.45, 2.75) is 114 Å². The van der Waals surface area contributed by atoms with Gasteiger partial charge in [-0.1, -0.05) is 34.1 Å². The normalized spacial score (nSPS) is 44.4. The first-order valence-corrected chi connectivity index (χ1v) is 15.9. The molecule has 1 aromatic carbocycles. The van der Waals surface area contributed by atoms with Gasteiger partial charge >= 0.3 is 0 Å². The Morgan fingerprint density at radius 1 is 0.950 bits per heavy atom. The van der Waals surface area contributed by atoms with E-state index < -0.39 is 35.8 Å². The first kappa shape index (κ1) is 27.5. The lowest BCUT2D eigenvalue weighted by molar-refractivity contribution is -0.645. The van der Waals surface area contributed by atoms with Crippen LogP contribution in [0.15, 0.2) is 12.1 Å². The molecular weight excluding hydrogens is 530 g/mol. The summed E-state index contributed by atoms with van der Waals surface area (Å²) in [6.45, 7) is 8.40. The number of fused-ring (bicyclic) bond motifs is 1. The highest BCUT2D eigenvalue weighted by Gasteiger charge is 2.76. The molecular formula is C31H43NO7S. The minimum Gasteiger partial charge on any atom is -0.485 e. The van der Waals surface area contributed by atoms with Gasteiger partial charge in [0.1, 0.15) is 29.6 Å². The quantitative estimate of drug-likeness (QED) is 0.437. The number of aromatic nitrogens is 1. The van der Waals surface area contributed by atoms with Crippen molar-refractivity contribution in [1.82, 2.24) is 4.98 Å². The second-order valence-electron chi connectivity index (χ2n) is 14.2. The summed E-state index contributed by atoms with van der Waals surface area (Å²) in [5.41, 5.74) is 0.884. The number of hydrogen-bond acceptors (Lipinski definition) is 9. The molecule has 0 amide bonds. The van der Waals surface area contributed by atoms with Gasteiger partial charge in [-0.2, -0.15) is 4.89 Å². The smallest absolute Gasteiger partial charge is 0.260 e. The Morgan fingerprint density at radius 3 is 2.17 bits per heavy atom. The maximum atomic E-state index is 10.9. The molecule has 1 saturated heterocycles. The van der Waals surface area contributed by atoms with Crippen molar-refractivity contribution >= 4 is 21.6 Å². The van der Waals surface area contributed by atoms with Crippen molar-refractivity contribution < 1.29 is 34.6 Å². The molecule has 8 rings (SSSR count). The summed E-state index contributed by atoms with van der Waals surface area (Å²) in [6.07, 6.45) is 2.89. The van der Waals surface area contributed by atoms with Gasteiger partial charge in [-0.15, -0.1) is 11.3 Å². The van der Waals surface area contributed by atoms with E-state index in [1.165, 1.54) is 6.42 Å². The molecule has 6 aliphatic rings. The third kappa shape index (κ3) is 3.74. The second-order valence-corrected chi connectivity index (χ2v) is 15.2. The van der Waals surface area contributed by atoms with Crippen LogP contribution >= 0.6 is 11.3 Å². The third-order valence-electron chi connectivity index (χ3n) is 10.8. The molecule has 9 heteroatoms. The van der Waals surface area contributed by atoms with Crippen molar-refractivity contribution in [3.05, 3.63) is 22.7 Å². The summed E-state index contributed by atoms with van der Waals surface area (Å²) in [7, 11) is 1.71. The van der Waals surface area contributed by atoms with Crippen molar-refractivity contribution in [3.63, 3.8) is 0 Å². The topological polar surface area (TPSA) is 111 Å². The van der Waals surface area contributed by atoms with Gasteiger partial charge in [0.25, 0.3) is 5.79 Å². The molecule has 1 spiro atoms. The van der Waals surface area contributed by atoms with Gasteiger partial charge < -0.3 is 24.8 Å². The van der Waals surface area contributed by atoms with E-state index in [4.69, 9.17) is 24.2 Å². The van der Waals surface area contributed by atoms with Crippen molar-refractivity contribution in [3.8, 4) is 5.75 Å². The van der Waals surface area contributed by atoms with Crippen LogP contribution in [0, 0.1) is 29.6 Å². The Labute approximate surface area is 239 Å². The van der Waals surface area contributed by atoms with Gasteiger partial charge in [0.05, 0.1) is 15.8 Å². The zero-order chi connectivity index (χ0) is 28.2. The number of benzene rings is 1. The van der Waals surface area contributed by atoms with Crippen LogP contribution in [0.1, 0.15) is 83.2 Å². The van der Waals surface area contributed by atoms with Gasteiger partial charge in [-0.05, 0) is 80.2 Å². The summed E-state index contributed by atoms with van der Waals surface area (Å²) in [6, 6.07) is 4.08. The van der Waals surface area contributed by atoms with E-state index in [9.17, 15) is 15.3 Å². The second kappa shape index (κ2) is 9.33. The number of thiazole rings is 1. The zero-order valence-corrected chi connectivity index (χ0v) is 24.9. The predicted octanol–water partition coefficient (Wildman–Crippen LogP) is 4.81. The molecule has 8 nitrogen and oxygen atoms in total. The first-order chi connectivity index (χ1) is 19.0. The van der Waals surface area contributed by atoms with Crippen molar-refractivity contribution in [1.29, 1.82) is 0 Å². The van der Waals surface area contributed by atoms with Crippen LogP contribution in [0.2, 0.25) is 0 Å². The van der Waals surface area contributed by atoms with E-state index in [0.717, 1.165) is 58.3 Å². The van der Waals surface area contributed by atoms with Gasteiger partial charge in [0.15, 0.2) is 5.60 Å². The highest BCUT2D eigenvalue weighted by Crippen LogP contribution is 2.69. The van der Waals surface area contributed by atoms with Gasteiger partial charge in [0.2, 0.25) is 0 Å². The minimum atomic E-state index is -1.27. The Kier molecular flexibility index (Phi) is 6.42.